The maximum Gasteiger partial charge on any atom is 0.00931 e. The molecule has 1 aromatic rings. The third kappa shape index (κ3) is 1.66. The summed E-state index contributed by atoms with van der Waals surface area (Å²) in [5.74, 6) is 2.16. The summed E-state index contributed by atoms with van der Waals surface area (Å²) in [5, 5.41) is 0. The van der Waals surface area contributed by atoms with Gasteiger partial charge in [-0.3, -0.25) is 0 Å². The van der Waals surface area contributed by atoms with E-state index in [0.29, 0.717) is 5.92 Å². The number of benzene rings is 1. The van der Waals surface area contributed by atoms with Crippen LogP contribution in [0.1, 0.15) is 37.3 Å². The Hall–Kier alpha value is -1.56. The van der Waals surface area contributed by atoms with Crippen molar-refractivity contribution in [2.24, 2.45) is 17.8 Å². The standard InChI is InChI=1S/C19H20/c1-13-5-4-8-17-15(13)11-12-18-16-7-3-2-6-14(16)9-10-19(17)18/h2-3,6-7,9-13,17,19H,4-5,8H2,1H3. The molecule has 0 radical (unpaired) electrons. The predicted octanol–water partition coefficient (Wildman–Crippen LogP) is 5.09. The highest BCUT2D eigenvalue weighted by atomic mass is 14.4. The minimum Gasteiger partial charge on any atom is -0.0758 e. The quantitative estimate of drug-likeness (QED) is 0.600. The van der Waals surface area contributed by atoms with E-state index in [1.54, 1.807) is 11.1 Å². The zero-order chi connectivity index (χ0) is 12.8. The van der Waals surface area contributed by atoms with Gasteiger partial charge in [0.15, 0.2) is 0 Å². The van der Waals surface area contributed by atoms with Crippen molar-refractivity contribution in [3.63, 3.8) is 0 Å². The summed E-state index contributed by atoms with van der Waals surface area (Å²) in [7, 11) is 0. The van der Waals surface area contributed by atoms with Gasteiger partial charge >= 0.3 is 0 Å². The van der Waals surface area contributed by atoms with Crippen LogP contribution in [0, 0.1) is 17.8 Å². The van der Waals surface area contributed by atoms with Gasteiger partial charge in [-0.2, -0.15) is 0 Å². The van der Waals surface area contributed by atoms with Crippen LogP contribution in [0.3, 0.4) is 0 Å². The summed E-state index contributed by atoms with van der Waals surface area (Å²) in [5.41, 5.74) is 6.07. The van der Waals surface area contributed by atoms with E-state index in [9.17, 15) is 0 Å². The molecular formula is C19H20. The van der Waals surface area contributed by atoms with Crippen molar-refractivity contribution in [2.75, 3.05) is 0 Å². The van der Waals surface area contributed by atoms with E-state index in [1.165, 1.54) is 30.4 Å². The fraction of sp³-hybridized carbons (Fsp3) is 0.368. The van der Waals surface area contributed by atoms with Crippen LogP contribution < -0.4 is 0 Å². The summed E-state index contributed by atoms with van der Waals surface area (Å²) in [6.45, 7) is 2.40. The van der Waals surface area contributed by atoms with E-state index >= 15 is 0 Å². The minimum atomic E-state index is 0.623. The second kappa shape index (κ2) is 4.23. The lowest BCUT2D eigenvalue weighted by Gasteiger charge is -2.40. The third-order valence-electron chi connectivity index (χ3n) is 5.15. The summed E-state index contributed by atoms with van der Waals surface area (Å²) in [4.78, 5) is 0. The summed E-state index contributed by atoms with van der Waals surface area (Å²) in [6, 6.07) is 8.81. The number of hydrogen-bond acceptors (Lipinski definition) is 0. The summed E-state index contributed by atoms with van der Waals surface area (Å²) in [6.07, 6.45) is 13.7. The zero-order valence-corrected chi connectivity index (χ0v) is 11.5. The lowest BCUT2D eigenvalue weighted by molar-refractivity contribution is 0.351. The molecule has 0 spiro atoms. The number of hydrogen-bond donors (Lipinski definition) is 0. The molecule has 0 aromatic heterocycles. The third-order valence-corrected chi connectivity index (χ3v) is 5.15. The molecule has 3 aliphatic carbocycles. The first-order valence-electron chi connectivity index (χ1n) is 7.54. The maximum absolute atomic E-state index is 2.45. The van der Waals surface area contributed by atoms with Crippen molar-refractivity contribution >= 4 is 11.6 Å². The highest BCUT2D eigenvalue weighted by Gasteiger charge is 2.35. The molecule has 0 nitrogen and oxygen atoms in total. The van der Waals surface area contributed by atoms with Crippen LogP contribution in [0.5, 0.6) is 0 Å². The SMILES string of the molecule is CC1CCCC2C1=CC=C1c3ccccc3C=CC12. The van der Waals surface area contributed by atoms with Crippen LogP contribution in [-0.2, 0) is 0 Å². The second-order valence-electron chi connectivity index (χ2n) is 6.20. The lowest BCUT2D eigenvalue weighted by Crippen LogP contribution is -2.27. The average Bonchev–Trinajstić information content (AvgIpc) is 2.47. The second-order valence-corrected chi connectivity index (χ2v) is 6.20. The van der Waals surface area contributed by atoms with Gasteiger partial charge in [-0.15, -0.1) is 0 Å². The highest BCUT2D eigenvalue weighted by molar-refractivity contribution is 5.83. The Morgan fingerprint density at radius 2 is 1.95 bits per heavy atom. The molecule has 1 saturated carbocycles. The molecule has 3 unspecified atom stereocenters. The van der Waals surface area contributed by atoms with Gasteiger partial charge in [0, 0.05) is 5.92 Å². The molecule has 0 saturated heterocycles. The van der Waals surface area contributed by atoms with Crippen molar-refractivity contribution in [1.82, 2.24) is 0 Å². The van der Waals surface area contributed by atoms with Gasteiger partial charge in [0.2, 0.25) is 0 Å². The van der Waals surface area contributed by atoms with E-state index in [0.717, 1.165) is 11.8 Å². The summed E-state index contributed by atoms with van der Waals surface area (Å²) >= 11 is 0. The van der Waals surface area contributed by atoms with E-state index in [2.05, 4.69) is 55.5 Å². The first kappa shape index (κ1) is 11.3. The molecule has 0 heteroatoms. The molecule has 1 aromatic carbocycles. The van der Waals surface area contributed by atoms with Crippen LogP contribution in [0.25, 0.3) is 11.6 Å². The molecule has 3 atom stereocenters. The fourth-order valence-electron chi connectivity index (χ4n) is 4.15. The fourth-order valence-corrected chi connectivity index (χ4v) is 4.15. The van der Waals surface area contributed by atoms with Gasteiger partial charge in [-0.25, -0.2) is 0 Å². The molecule has 3 aliphatic rings. The highest BCUT2D eigenvalue weighted by Crippen LogP contribution is 2.48. The van der Waals surface area contributed by atoms with Crippen LogP contribution in [-0.4, -0.2) is 0 Å². The number of fused-ring (bicyclic) bond motifs is 5. The Labute approximate surface area is 115 Å². The van der Waals surface area contributed by atoms with E-state index in [1.807, 2.05) is 0 Å². The molecule has 0 heterocycles. The Bertz CT molecular complexity index is 600. The molecule has 19 heavy (non-hydrogen) atoms. The Kier molecular flexibility index (Phi) is 2.51. The zero-order valence-electron chi connectivity index (χ0n) is 11.5. The first-order chi connectivity index (χ1) is 9.34. The smallest absolute Gasteiger partial charge is 0.00931 e. The van der Waals surface area contributed by atoms with Crippen LogP contribution in [0.15, 0.2) is 48.1 Å². The predicted molar refractivity (Wildman–Crippen MR) is 81.5 cm³/mol. The van der Waals surface area contributed by atoms with Crippen molar-refractivity contribution in [2.45, 2.75) is 26.2 Å². The van der Waals surface area contributed by atoms with Crippen LogP contribution in [0.4, 0.5) is 0 Å². The molecule has 1 fully saturated rings. The molecular weight excluding hydrogens is 228 g/mol. The van der Waals surface area contributed by atoms with Gasteiger partial charge in [-0.1, -0.05) is 67.5 Å². The van der Waals surface area contributed by atoms with Gasteiger partial charge < -0.3 is 0 Å². The summed E-state index contributed by atoms with van der Waals surface area (Å²) < 4.78 is 0. The van der Waals surface area contributed by atoms with E-state index in [4.69, 9.17) is 0 Å². The van der Waals surface area contributed by atoms with Gasteiger partial charge in [0.25, 0.3) is 0 Å². The van der Waals surface area contributed by atoms with Crippen molar-refractivity contribution in [3.8, 4) is 0 Å². The Morgan fingerprint density at radius 1 is 1.05 bits per heavy atom. The lowest BCUT2D eigenvalue weighted by atomic mass is 9.64. The topological polar surface area (TPSA) is 0 Å². The Morgan fingerprint density at radius 3 is 2.89 bits per heavy atom. The Balaban J connectivity index is 1.84. The number of allylic oxidation sites excluding steroid dienone is 5. The van der Waals surface area contributed by atoms with Gasteiger partial charge in [0.1, 0.15) is 0 Å². The number of rotatable bonds is 0. The molecule has 0 amide bonds. The average molecular weight is 248 g/mol. The van der Waals surface area contributed by atoms with Gasteiger partial charge in [0.05, 0.1) is 0 Å². The van der Waals surface area contributed by atoms with Gasteiger partial charge in [-0.05, 0) is 41.4 Å². The monoisotopic (exact) mass is 248 g/mol. The normalized spacial score (nSPS) is 31.7. The largest absolute Gasteiger partial charge is 0.0758 e. The van der Waals surface area contributed by atoms with Crippen molar-refractivity contribution < 1.29 is 0 Å². The first-order valence-corrected chi connectivity index (χ1v) is 7.54. The maximum atomic E-state index is 2.45. The molecule has 0 bridgehead atoms. The van der Waals surface area contributed by atoms with Crippen LogP contribution >= 0.6 is 0 Å². The van der Waals surface area contributed by atoms with E-state index < -0.39 is 0 Å². The van der Waals surface area contributed by atoms with E-state index in [-0.39, 0.29) is 0 Å². The van der Waals surface area contributed by atoms with Crippen molar-refractivity contribution in [1.29, 1.82) is 0 Å². The molecule has 0 N–H and O–H groups in total. The molecule has 4 rings (SSSR count). The molecule has 0 aliphatic heterocycles. The van der Waals surface area contributed by atoms with Crippen molar-refractivity contribution in [3.05, 3.63) is 59.2 Å². The minimum absolute atomic E-state index is 0.623. The van der Waals surface area contributed by atoms with Crippen LogP contribution in [0.2, 0.25) is 0 Å². The molecule has 96 valence electrons.